The number of thiazole rings is 1. The summed E-state index contributed by atoms with van der Waals surface area (Å²) in [4.78, 5) is 24.6. The fourth-order valence-corrected chi connectivity index (χ4v) is 18.4. The van der Waals surface area contributed by atoms with Gasteiger partial charge in [-0.3, -0.25) is 0 Å². The zero-order valence-corrected chi connectivity index (χ0v) is 56.4. The second-order valence-corrected chi connectivity index (χ2v) is 28.1. The third-order valence-corrected chi connectivity index (χ3v) is 22.9. The number of benzene rings is 6. The minimum atomic E-state index is -2.33. The van der Waals surface area contributed by atoms with Crippen molar-refractivity contribution in [3.8, 4) is 62.1 Å². The first kappa shape index (κ1) is 54.8. The van der Waals surface area contributed by atoms with E-state index in [0.29, 0.717) is 35.0 Å². The third kappa shape index (κ3) is 8.52. The van der Waals surface area contributed by atoms with Crippen LogP contribution in [-0.2, 0) is 46.7 Å². The summed E-state index contributed by atoms with van der Waals surface area (Å²) in [6, 6.07) is 71.9. The number of oxazole rings is 4. The van der Waals surface area contributed by atoms with Crippen molar-refractivity contribution >= 4 is 132 Å². The Balaban J connectivity index is 0.0000000830. The lowest BCUT2D eigenvalue weighted by molar-refractivity contribution is -0.655. The van der Waals surface area contributed by atoms with Gasteiger partial charge < -0.3 is 22.1 Å². The molecule has 20 heteroatoms. The Labute approximate surface area is 595 Å². The Morgan fingerprint density at radius 2 is 0.777 bits per heavy atom. The van der Waals surface area contributed by atoms with Crippen molar-refractivity contribution in [2.45, 2.75) is 32.7 Å². The summed E-state index contributed by atoms with van der Waals surface area (Å²) < 4.78 is 72.1. The van der Waals surface area contributed by atoms with E-state index >= 15 is 0 Å². The van der Waals surface area contributed by atoms with Crippen molar-refractivity contribution in [3.63, 3.8) is 0 Å². The van der Waals surface area contributed by atoms with Gasteiger partial charge in [-0.25, -0.2) is 34.1 Å². The van der Waals surface area contributed by atoms with Gasteiger partial charge in [0.2, 0.25) is 39.4 Å². The van der Waals surface area contributed by atoms with E-state index < -0.39 is 6.98 Å². The van der Waals surface area contributed by atoms with Crippen LogP contribution in [0.15, 0.2) is 265 Å². The maximum absolute atomic E-state index is 7.92. The average molecular weight is 1380 g/mol. The highest BCUT2D eigenvalue weighted by Crippen LogP contribution is 2.44. The second kappa shape index (κ2) is 22.2. The number of hydrogen-bond acceptors (Lipinski definition) is 12. The predicted molar refractivity (Wildman–Crippen MR) is 394 cm³/mol. The van der Waals surface area contributed by atoms with Gasteiger partial charge in [0.1, 0.15) is 34.9 Å². The van der Waals surface area contributed by atoms with Crippen molar-refractivity contribution in [2.24, 2.45) is 14.0 Å². The van der Waals surface area contributed by atoms with Gasteiger partial charge in [-0.05, 0) is 114 Å². The molecule has 5 aliphatic rings. The molecule has 15 aromatic heterocycles. The fourth-order valence-electron chi connectivity index (χ4n) is 15.8. The molecule has 0 aliphatic carbocycles. The van der Waals surface area contributed by atoms with Crippen LogP contribution in [0, 0.1) is 0 Å². The van der Waals surface area contributed by atoms with Crippen molar-refractivity contribution in [2.75, 3.05) is 0 Å². The highest BCUT2D eigenvalue weighted by molar-refractivity contribution is 7.32. The predicted octanol–water partition coefficient (Wildman–Crippen LogP) is 16.1. The number of furan rings is 1. The van der Waals surface area contributed by atoms with E-state index in [2.05, 4.69) is 180 Å². The summed E-state index contributed by atoms with van der Waals surface area (Å²) in [5, 5.41) is 6.45. The Bertz CT molecular complexity index is 7090. The van der Waals surface area contributed by atoms with Gasteiger partial charge in [0, 0.05) is 64.2 Å². The van der Waals surface area contributed by atoms with Crippen LogP contribution in [0.4, 0.5) is 0 Å². The molecule has 26 rings (SSSR count). The Morgan fingerprint density at radius 3 is 1.36 bits per heavy atom. The van der Waals surface area contributed by atoms with Crippen molar-refractivity contribution in [1.82, 2.24) is 38.6 Å². The Hall–Kier alpha value is -13.0. The second-order valence-electron chi connectivity index (χ2n) is 26.1. The maximum Gasteiger partial charge on any atom is 0.423 e. The number of nitrogens with zero attached hydrogens (tertiary/aromatic N) is 13. The first-order valence-corrected chi connectivity index (χ1v) is 35.5. The maximum atomic E-state index is 7.92. The molecule has 0 spiro atoms. The molecule has 5 aliphatic heterocycles. The monoisotopic (exact) mass is 1380 g/mol. The number of hydrogen-bond donors (Lipinski definition) is 0. The van der Waals surface area contributed by atoms with Crippen LogP contribution in [0.25, 0.3) is 171 Å². The SMILES string of the molecule is Cn1c2ncccc2c2oc3[n+](c21)Cc1ccccc1-3.[2H]C([2H])([2H])n1c2ncccc2c2oc3[n+](c21)Cc1ccccc1-3.c1ccc(-n2c3ncccc3c3oc4[n+](c32)Cc2ccccc2-4)cc1.c1ccc2c(c1)C[n+]1c-2oc2c3cccnc3oc21.c1ccc2c(c1)C[n+]1c-2sc2c3cccnc3sc21. The van der Waals surface area contributed by atoms with E-state index in [-0.39, 0.29) is 0 Å². The Morgan fingerprint density at radius 1 is 0.359 bits per heavy atom. The van der Waals surface area contributed by atoms with Crippen LogP contribution in [0.2, 0.25) is 0 Å². The summed E-state index contributed by atoms with van der Waals surface area (Å²) in [6.07, 6.45) is 8.86. The molecule has 0 unspecified atom stereocenters. The average Bonchev–Trinajstić information content (AvgIpc) is 1.57. The summed E-state index contributed by atoms with van der Waals surface area (Å²) >= 11 is 3.71. The number of thiophene rings is 1. The number of pyridine rings is 5. The molecule has 490 valence electrons. The molecule has 0 radical (unpaired) electrons. The van der Waals surface area contributed by atoms with Crippen LogP contribution in [0.1, 0.15) is 31.9 Å². The molecule has 0 bridgehead atoms. The molecular weight excluding hydrogens is 1320 g/mol. The normalized spacial score (nSPS) is 13.5. The molecular formula is C83H56N13O5S2+5. The number of rotatable bonds is 1. The molecule has 0 saturated heterocycles. The lowest BCUT2D eigenvalue weighted by atomic mass is 10.1. The zero-order chi connectivity index (χ0) is 70.2. The van der Waals surface area contributed by atoms with Gasteiger partial charge in [-0.1, -0.05) is 121 Å². The first-order valence-electron chi connectivity index (χ1n) is 35.4. The minimum Gasteiger partial charge on any atom is -0.413 e. The van der Waals surface area contributed by atoms with Gasteiger partial charge in [-0.15, -0.1) is 4.57 Å². The van der Waals surface area contributed by atoms with Crippen LogP contribution in [0.5, 0.6) is 0 Å². The van der Waals surface area contributed by atoms with Crippen molar-refractivity contribution in [1.29, 1.82) is 0 Å². The standard InChI is InChI=1S/C21H14N3O.2C16H12N3O.C15H9N2O2.C15H9N2S2/c1-2-8-15(9-3-1)24-19-17(11-6-12-22-19)18-20(24)23-13-14-7-4-5-10-16(14)21(23)25-18;2*1-18-14-12(7-4-8-17-14)13-15(18)19-9-10-5-2-3-6-11(10)16(19)20-13;2*1-2-5-10-9(4-1)8-17-14(10)18-12-11-6-3-7-16-13(11)19-15(12)17/h1-12H,13H2;2*2-8H,9H2,1H3;2*1-7H,8H2/q5*+1/i;1D3;;;. The van der Waals surface area contributed by atoms with Crippen molar-refractivity contribution < 1.29 is 49.0 Å². The zero-order valence-electron chi connectivity index (χ0n) is 57.8. The molecule has 21 aromatic rings. The van der Waals surface area contributed by atoms with Gasteiger partial charge in [0.15, 0.2) is 13.1 Å². The van der Waals surface area contributed by atoms with Crippen LogP contribution in [0.3, 0.4) is 0 Å². The van der Waals surface area contributed by atoms with E-state index in [4.69, 9.17) is 26.2 Å². The molecule has 0 atom stereocenters. The largest absolute Gasteiger partial charge is 0.423 e. The van der Waals surface area contributed by atoms with E-state index in [9.17, 15) is 0 Å². The highest BCUT2D eigenvalue weighted by Gasteiger charge is 2.41. The van der Waals surface area contributed by atoms with E-state index in [1.807, 2.05) is 120 Å². The minimum absolute atomic E-state index is 0.424. The Kier molecular flexibility index (Phi) is 11.8. The highest BCUT2D eigenvalue weighted by atomic mass is 32.1. The van der Waals surface area contributed by atoms with Crippen molar-refractivity contribution in [3.05, 3.63) is 271 Å². The molecule has 18 nitrogen and oxygen atoms in total. The molecule has 0 amide bonds. The van der Waals surface area contributed by atoms with E-state index in [1.54, 1.807) is 29.8 Å². The summed E-state index contributed by atoms with van der Waals surface area (Å²) in [5.41, 5.74) is 23.1. The molecule has 0 N–H and O–H groups in total. The van der Waals surface area contributed by atoms with Crippen LogP contribution < -0.4 is 22.8 Å². The molecule has 103 heavy (non-hydrogen) atoms. The molecule has 6 aromatic carbocycles. The summed E-state index contributed by atoms with van der Waals surface area (Å²) in [7, 11) is 2.05. The number of para-hydroxylation sites is 1. The lowest BCUT2D eigenvalue weighted by Crippen LogP contribution is -2.32. The quantitative estimate of drug-likeness (QED) is 0.144. The van der Waals surface area contributed by atoms with Gasteiger partial charge in [0.05, 0.1) is 67.5 Å². The molecule has 20 heterocycles. The van der Waals surface area contributed by atoms with Crippen LogP contribution in [-0.4, -0.2) is 38.6 Å². The van der Waals surface area contributed by atoms with Gasteiger partial charge in [0.25, 0.3) is 33.1 Å². The van der Waals surface area contributed by atoms with Gasteiger partial charge >= 0.3 is 28.5 Å². The summed E-state index contributed by atoms with van der Waals surface area (Å²) in [5.74, 6) is 3.45. The van der Waals surface area contributed by atoms with Crippen LogP contribution >= 0.6 is 22.7 Å². The van der Waals surface area contributed by atoms with E-state index in [1.165, 1.54) is 63.4 Å². The van der Waals surface area contributed by atoms with E-state index in [0.717, 1.165) is 138 Å². The smallest absolute Gasteiger partial charge is 0.413 e. The lowest BCUT2D eigenvalue weighted by Gasteiger charge is -1.99. The number of fused-ring (bicyclic) bond motifs is 35. The topological polar surface area (TPSA) is 164 Å². The van der Waals surface area contributed by atoms with Gasteiger partial charge in [-0.2, -0.15) is 22.8 Å². The molecule has 0 fully saturated rings. The summed E-state index contributed by atoms with van der Waals surface area (Å²) in [6.45, 7) is 1.75. The third-order valence-electron chi connectivity index (χ3n) is 20.4. The molecule has 0 saturated carbocycles. The number of aromatic nitrogens is 13. The first-order chi connectivity index (χ1) is 52.1. The fraction of sp³-hybridized carbons (Fsp3) is 0.0843. The number of aryl methyl sites for hydroxylation is 2.